The van der Waals surface area contributed by atoms with Gasteiger partial charge in [0.2, 0.25) is 5.52 Å². The summed E-state index contributed by atoms with van der Waals surface area (Å²) in [6.07, 6.45) is 3.35. The van der Waals surface area contributed by atoms with E-state index in [1.54, 1.807) is 18.2 Å². The number of rotatable bonds is 2. The summed E-state index contributed by atoms with van der Waals surface area (Å²) in [5.41, 5.74) is 2.12. The number of halogens is 2. The summed E-state index contributed by atoms with van der Waals surface area (Å²) >= 11 is 6.40. The number of pyridine rings is 2. The zero-order chi connectivity index (χ0) is 17.7. The van der Waals surface area contributed by atoms with Crippen LogP contribution in [0.5, 0.6) is 5.75 Å². The van der Waals surface area contributed by atoms with Gasteiger partial charge in [0.15, 0.2) is 5.95 Å². The molecule has 5 rings (SSSR count). The number of hydrogen-bond donors (Lipinski definition) is 0. The largest absolute Gasteiger partial charge is 0.647 e. The molecule has 3 heterocycles. The molecule has 1 atom stereocenters. The molecule has 2 aromatic heterocycles. The lowest BCUT2D eigenvalue weighted by Gasteiger charge is -2.31. The van der Waals surface area contributed by atoms with Crippen molar-refractivity contribution in [3.8, 4) is 5.75 Å². The van der Waals surface area contributed by atoms with Gasteiger partial charge in [-0.15, -0.1) is 0 Å². The molecule has 1 aliphatic rings. The van der Waals surface area contributed by atoms with E-state index in [9.17, 15) is 4.39 Å². The Balaban J connectivity index is 1.93. The summed E-state index contributed by atoms with van der Waals surface area (Å²) in [5, 5.41) is 1.50. The van der Waals surface area contributed by atoms with Crippen molar-refractivity contribution in [2.75, 3.05) is 0 Å². The topological polar surface area (TPSA) is 26.0 Å². The normalized spacial score (nSPS) is 18.1. The Morgan fingerprint density at radius 2 is 1.81 bits per heavy atom. The van der Waals surface area contributed by atoms with Crippen molar-refractivity contribution in [1.29, 1.82) is 0 Å². The fraction of sp³-hybridized carbons (Fsp3) is 0. The van der Waals surface area contributed by atoms with Crippen molar-refractivity contribution in [1.82, 2.24) is 4.98 Å². The summed E-state index contributed by atoms with van der Waals surface area (Å²) in [4.78, 5) is 3.87. The first-order valence-corrected chi connectivity index (χ1v) is 8.73. The number of hydrogen-bond acceptors (Lipinski definition) is 2. The standard InChI is InChI=1S/C20H13BClFN2O/c22-17-10-11-18-19-15(17)8-5-13-25(19)21(26-18,14-6-2-1-3-7-14)16-9-4-12-24-20(16)23/h1-13H/t21-/m1/s1. The van der Waals surface area contributed by atoms with Crippen LogP contribution >= 0.6 is 11.6 Å². The summed E-state index contributed by atoms with van der Waals surface area (Å²) in [7, 11) is 0. The van der Waals surface area contributed by atoms with Gasteiger partial charge in [0, 0.05) is 6.20 Å². The lowest BCUT2D eigenvalue weighted by atomic mass is 9.42. The van der Waals surface area contributed by atoms with E-state index in [0.717, 1.165) is 16.4 Å². The Kier molecular flexibility index (Phi) is 3.27. The van der Waals surface area contributed by atoms with E-state index in [0.29, 0.717) is 16.2 Å². The van der Waals surface area contributed by atoms with Gasteiger partial charge >= 0.3 is 6.48 Å². The highest BCUT2D eigenvalue weighted by Crippen LogP contribution is 2.34. The quantitative estimate of drug-likeness (QED) is 0.405. The van der Waals surface area contributed by atoms with Crippen molar-refractivity contribution in [2.45, 2.75) is 0 Å². The predicted molar refractivity (Wildman–Crippen MR) is 101 cm³/mol. The van der Waals surface area contributed by atoms with Crippen LogP contribution in [-0.4, -0.2) is 11.5 Å². The molecule has 1 aliphatic heterocycles. The minimum absolute atomic E-state index is 0.406. The molecule has 0 unspecified atom stereocenters. The highest BCUT2D eigenvalue weighted by Gasteiger charge is 2.52. The third kappa shape index (κ3) is 1.95. The Morgan fingerprint density at radius 3 is 2.62 bits per heavy atom. The zero-order valence-electron chi connectivity index (χ0n) is 13.6. The molecule has 0 amide bonds. The maximum atomic E-state index is 14.8. The fourth-order valence-electron chi connectivity index (χ4n) is 3.96. The van der Waals surface area contributed by atoms with Gasteiger partial charge < -0.3 is 9.13 Å². The monoisotopic (exact) mass is 362 g/mol. The van der Waals surface area contributed by atoms with Crippen molar-refractivity contribution < 1.29 is 13.5 Å². The molecule has 0 saturated heterocycles. The molecule has 0 bridgehead atoms. The van der Waals surface area contributed by atoms with Gasteiger partial charge in [0.25, 0.3) is 0 Å². The van der Waals surface area contributed by atoms with Crippen LogP contribution in [0.1, 0.15) is 0 Å². The molecular formula is C20H13BClFN2O. The van der Waals surface area contributed by atoms with Gasteiger partial charge in [-0.3, -0.25) is 0 Å². The van der Waals surface area contributed by atoms with E-state index in [4.69, 9.17) is 16.3 Å². The maximum Gasteiger partial charge on any atom is 0.518 e. The van der Waals surface area contributed by atoms with E-state index in [2.05, 4.69) is 4.98 Å². The lowest BCUT2D eigenvalue weighted by Crippen LogP contribution is -2.80. The van der Waals surface area contributed by atoms with Crippen LogP contribution in [0.25, 0.3) is 10.9 Å². The van der Waals surface area contributed by atoms with Gasteiger partial charge in [-0.25, -0.2) is 4.98 Å². The highest BCUT2D eigenvalue weighted by atomic mass is 35.5. The molecule has 0 spiro atoms. The molecule has 0 radical (unpaired) electrons. The van der Waals surface area contributed by atoms with E-state index < -0.39 is 12.4 Å². The summed E-state index contributed by atoms with van der Waals surface area (Å²) in [5.74, 6) is 0.136. The van der Waals surface area contributed by atoms with E-state index in [1.807, 2.05) is 59.2 Å². The Bertz CT molecular complexity index is 1160. The zero-order valence-corrected chi connectivity index (χ0v) is 14.4. The van der Waals surface area contributed by atoms with Crippen molar-refractivity contribution >= 4 is 39.9 Å². The van der Waals surface area contributed by atoms with Crippen molar-refractivity contribution in [2.24, 2.45) is 0 Å². The number of aromatic nitrogens is 2. The second kappa shape index (κ2) is 5.54. The van der Waals surface area contributed by atoms with Crippen LogP contribution in [-0.2, 0) is 0 Å². The molecular weight excluding hydrogens is 349 g/mol. The van der Waals surface area contributed by atoms with E-state index >= 15 is 0 Å². The molecule has 0 aliphatic carbocycles. The summed E-state index contributed by atoms with van der Waals surface area (Å²) in [6.45, 7) is -2.06. The molecule has 3 nitrogen and oxygen atoms in total. The second-order valence-electron chi connectivity index (χ2n) is 6.38. The van der Waals surface area contributed by atoms with Crippen LogP contribution in [0, 0.1) is 5.95 Å². The molecule has 0 fully saturated rings. The molecule has 26 heavy (non-hydrogen) atoms. The Hall–Kier alpha value is -2.92. The first kappa shape index (κ1) is 15.3. The van der Waals surface area contributed by atoms with E-state index in [1.165, 1.54) is 6.20 Å². The molecule has 4 aromatic rings. The minimum atomic E-state index is -2.06. The van der Waals surface area contributed by atoms with Gasteiger partial charge in [-0.1, -0.05) is 53.5 Å². The molecule has 2 aromatic carbocycles. The Labute approximate surface area is 154 Å². The van der Waals surface area contributed by atoms with Crippen molar-refractivity contribution in [3.05, 3.63) is 90.1 Å². The summed E-state index contributed by atoms with van der Waals surface area (Å²) < 4.78 is 23.3. The van der Waals surface area contributed by atoms with Gasteiger partial charge in [0.1, 0.15) is 11.9 Å². The minimum Gasteiger partial charge on any atom is -0.647 e. The third-order valence-electron chi connectivity index (χ3n) is 5.04. The first-order valence-electron chi connectivity index (χ1n) is 8.35. The third-order valence-corrected chi connectivity index (χ3v) is 5.37. The van der Waals surface area contributed by atoms with Crippen LogP contribution < -0.4 is 20.1 Å². The number of benzene rings is 2. The fourth-order valence-corrected chi connectivity index (χ4v) is 4.17. The Morgan fingerprint density at radius 1 is 0.962 bits per heavy atom. The molecule has 0 saturated carbocycles. The maximum absolute atomic E-state index is 14.8. The lowest BCUT2D eigenvalue weighted by molar-refractivity contribution is -0.515. The van der Waals surface area contributed by atoms with Gasteiger partial charge in [-0.05, 0) is 35.8 Å². The first-order chi connectivity index (χ1) is 12.7. The molecule has 126 valence electrons. The SMILES string of the molecule is Fc1ncccc1[B@@-]1(c2ccccc2)Oc2ccc(Cl)c3ccc[n+]1c23. The smallest absolute Gasteiger partial charge is 0.518 e. The van der Waals surface area contributed by atoms with Crippen LogP contribution in [0.3, 0.4) is 0 Å². The van der Waals surface area contributed by atoms with Crippen LogP contribution in [0.15, 0.2) is 79.1 Å². The van der Waals surface area contributed by atoms with Crippen LogP contribution in [0.4, 0.5) is 4.39 Å². The van der Waals surface area contributed by atoms with Crippen LogP contribution in [0.2, 0.25) is 5.02 Å². The molecule has 6 heteroatoms. The van der Waals surface area contributed by atoms with Crippen molar-refractivity contribution in [3.63, 3.8) is 0 Å². The predicted octanol–water partition coefficient (Wildman–Crippen LogP) is 2.81. The average Bonchev–Trinajstić information content (AvgIpc) is 3.03. The average molecular weight is 363 g/mol. The summed E-state index contributed by atoms with van der Waals surface area (Å²) in [6, 6.07) is 20.6. The molecule has 0 N–H and O–H groups in total. The van der Waals surface area contributed by atoms with E-state index in [-0.39, 0.29) is 0 Å². The highest BCUT2D eigenvalue weighted by molar-refractivity contribution is 6.92. The number of nitrogens with zero attached hydrogens (tertiary/aromatic N) is 2. The van der Waals surface area contributed by atoms with Gasteiger partial charge in [0.05, 0.1) is 10.4 Å². The van der Waals surface area contributed by atoms with Gasteiger partial charge in [-0.2, -0.15) is 4.39 Å². The second-order valence-corrected chi connectivity index (χ2v) is 6.79.